The fourth-order valence-electron chi connectivity index (χ4n) is 2.97. The van der Waals surface area contributed by atoms with Gasteiger partial charge in [-0.2, -0.15) is 0 Å². The van der Waals surface area contributed by atoms with Gasteiger partial charge in [0, 0.05) is 37.3 Å². The lowest BCUT2D eigenvalue weighted by molar-refractivity contribution is -0.384. The van der Waals surface area contributed by atoms with Crippen molar-refractivity contribution in [1.82, 2.24) is 4.90 Å². The Bertz CT molecular complexity index is 771. The van der Waals surface area contributed by atoms with Crippen LogP contribution in [0.25, 0.3) is 0 Å². The monoisotopic (exact) mass is 359 g/mol. The number of halogens is 1. The van der Waals surface area contributed by atoms with Gasteiger partial charge in [0.2, 0.25) is 5.91 Å². The smallest absolute Gasteiger partial charge is 0.292 e. The van der Waals surface area contributed by atoms with Gasteiger partial charge < -0.3 is 9.80 Å². The molecule has 0 aromatic heterocycles. The third-order valence-corrected chi connectivity index (χ3v) is 4.57. The Balaban J connectivity index is 1.61. The van der Waals surface area contributed by atoms with E-state index in [9.17, 15) is 14.9 Å². The quantitative estimate of drug-likeness (QED) is 0.621. The van der Waals surface area contributed by atoms with Gasteiger partial charge in [-0.15, -0.1) is 0 Å². The molecule has 0 unspecified atom stereocenters. The molecule has 130 valence electrons. The van der Waals surface area contributed by atoms with Crippen LogP contribution in [0.1, 0.15) is 5.56 Å². The van der Waals surface area contributed by atoms with E-state index >= 15 is 0 Å². The number of piperazine rings is 1. The summed E-state index contributed by atoms with van der Waals surface area (Å²) in [6.07, 6.45) is 0.336. The lowest BCUT2D eigenvalue weighted by atomic mass is 10.1. The summed E-state index contributed by atoms with van der Waals surface area (Å²) in [4.78, 5) is 27.0. The molecule has 2 aromatic carbocycles. The Morgan fingerprint density at radius 2 is 1.68 bits per heavy atom. The van der Waals surface area contributed by atoms with E-state index in [1.54, 1.807) is 35.2 Å². The number of carbonyl (C=O) groups excluding carboxylic acids is 1. The Morgan fingerprint density at radius 3 is 2.32 bits per heavy atom. The summed E-state index contributed by atoms with van der Waals surface area (Å²) < 4.78 is 0. The normalized spacial score (nSPS) is 14.4. The standard InChI is InChI=1S/C18H18ClN3O3/c19-15-7-5-14(6-8-15)13-18(23)21-11-9-20(10-12-21)16-3-1-2-4-17(16)22(24)25/h1-8H,9-13H2. The fraction of sp³-hybridized carbons (Fsp3) is 0.278. The lowest BCUT2D eigenvalue weighted by Crippen LogP contribution is -2.49. The summed E-state index contributed by atoms with van der Waals surface area (Å²) in [6, 6.07) is 14.0. The Hall–Kier alpha value is -2.60. The van der Waals surface area contributed by atoms with Crippen LogP contribution in [0.3, 0.4) is 0 Å². The average molecular weight is 360 g/mol. The van der Waals surface area contributed by atoms with Crippen molar-refractivity contribution in [3.05, 3.63) is 69.2 Å². The summed E-state index contributed by atoms with van der Waals surface area (Å²) in [7, 11) is 0. The third-order valence-electron chi connectivity index (χ3n) is 4.32. The molecule has 0 radical (unpaired) electrons. The highest BCUT2D eigenvalue weighted by atomic mass is 35.5. The molecule has 2 aromatic rings. The highest BCUT2D eigenvalue weighted by Gasteiger charge is 2.25. The van der Waals surface area contributed by atoms with Crippen molar-refractivity contribution < 1.29 is 9.72 Å². The van der Waals surface area contributed by atoms with Crippen molar-refractivity contribution in [3.63, 3.8) is 0 Å². The maximum Gasteiger partial charge on any atom is 0.292 e. The zero-order chi connectivity index (χ0) is 17.8. The average Bonchev–Trinajstić information content (AvgIpc) is 2.63. The van der Waals surface area contributed by atoms with Crippen molar-refractivity contribution in [2.45, 2.75) is 6.42 Å². The van der Waals surface area contributed by atoms with Crippen molar-refractivity contribution in [2.75, 3.05) is 31.1 Å². The maximum absolute atomic E-state index is 12.4. The summed E-state index contributed by atoms with van der Waals surface area (Å²) in [6.45, 7) is 2.27. The van der Waals surface area contributed by atoms with E-state index in [2.05, 4.69) is 0 Å². The molecule has 1 saturated heterocycles. The molecule has 1 fully saturated rings. The molecule has 3 rings (SSSR count). The number of rotatable bonds is 4. The number of nitro groups is 1. The summed E-state index contributed by atoms with van der Waals surface area (Å²) in [5, 5.41) is 11.8. The van der Waals surface area contributed by atoms with Crippen molar-refractivity contribution in [3.8, 4) is 0 Å². The van der Waals surface area contributed by atoms with Crippen LogP contribution >= 0.6 is 11.6 Å². The van der Waals surface area contributed by atoms with Crippen LogP contribution in [0.2, 0.25) is 5.02 Å². The van der Waals surface area contributed by atoms with E-state index in [0.29, 0.717) is 43.3 Å². The second-order valence-electron chi connectivity index (χ2n) is 5.92. The van der Waals surface area contributed by atoms with Gasteiger partial charge in [0.25, 0.3) is 5.69 Å². The van der Waals surface area contributed by atoms with E-state index in [1.165, 1.54) is 6.07 Å². The van der Waals surface area contributed by atoms with Crippen molar-refractivity contribution in [2.24, 2.45) is 0 Å². The van der Waals surface area contributed by atoms with Crippen molar-refractivity contribution >= 4 is 28.9 Å². The number of hydrogen-bond acceptors (Lipinski definition) is 4. The first-order valence-corrected chi connectivity index (χ1v) is 8.43. The van der Waals surface area contributed by atoms with Crippen LogP contribution in [-0.4, -0.2) is 41.9 Å². The van der Waals surface area contributed by atoms with Crippen LogP contribution in [0, 0.1) is 10.1 Å². The molecule has 7 heteroatoms. The zero-order valence-corrected chi connectivity index (χ0v) is 14.4. The molecule has 1 amide bonds. The zero-order valence-electron chi connectivity index (χ0n) is 13.6. The summed E-state index contributed by atoms with van der Waals surface area (Å²) in [5.74, 6) is 0.0598. The summed E-state index contributed by atoms with van der Waals surface area (Å²) in [5.41, 5.74) is 1.64. The van der Waals surface area contributed by atoms with E-state index in [-0.39, 0.29) is 16.5 Å². The van der Waals surface area contributed by atoms with Crippen LogP contribution in [-0.2, 0) is 11.2 Å². The van der Waals surface area contributed by atoms with Gasteiger partial charge in [0.15, 0.2) is 0 Å². The number of amides is 1. The molecule has 0 spiro atoms. The van der Waals surface area contributed by atoms with E-state index in [4.69, 9.17) is 11.6 Å². The Morgan fingerprint density at radius 1 is 1.04 bits per heavy atom. The second-order valence-corrected chi connectivity index (χ2v) is 6.35. The fourth-order valence-corrected chi connectivity index (χ4v) is 3.10. The molecule has 1 heterocycles. The molecule has 1 aliphatic heterocycles. The molecule has 0 atom stereocenters. The predicted molar refractivity (Wildman–Crippen MR) is 97.0 cm³/mol. The lowest BCUT2D eigenvalue weighted by Gasteiger charge is -2.35. The van der Waals surface area contributed by atoms with Crippen LogP contribution < -0.4 is 4.90 Å². The molecular weight excluding hydrogens is 342 g/mol. The van der Waals surface area contributed by atoms with Gasteiger partial charge in [-0.05, 0) is 23.8 Å². The molecule has 25 heavy (non-hydrogen) atoms. The molecule has 1 aliphatic rings. The number of benzene rings is 2. The first kappa shape index (κ1) is 17.2. The molecule has 0 saturated carbocycles. The minimum atomic E-state index is -0.368. The molecule has 6 nitrogen and oxygen atoms in total. The van der Waals surface area contributed by atoms with Gasteiger partial charge in [-0.25, -0.2) is 0 Å². The van der Waals surface area contributed by atoms with Gasteiger partial charge >= 0.3 is 0 Å². The van der Waals surface area contributed by atoms with Crippen LogP contribution in [0.5, 0.6) is 0 Å². The van der Waals surface area contributed by atoms with Gasteiger partial charge in [-0.3, -0.25) is 14.9 Å². The van der Waals surface area contributed by atoms with E-state index in [0.717, 1.165) is 5.56 Å². The number of anilines is 1. The first-order chi connectivity index (χ1) is 12.0. The molecule has 0 N–H and O–H groups in total. The number of para-hydroxylation sites is 2. The van der Waals surface area contributed by atoms with Gasteiger partial charge in [-0.1, -0.05) is 35.9 Å². The van der Waals surface area contributed by atoms with Gasteiger partial charge in [0.1, 0.15) is 5.69 Å². The van der Waals surface area contributed by atoms with Crippen molar-refractivity contribution in [1.29, 1.82) is 0 Å². The Labute approximate surface area is 150 Å². The minimum absolute atomic E-state index is 0.0598. The minimum Gasteiger partial charge on any atom is -0.362 e. The van der Waals surface area contributed by atoms with E-state index < -0.39 is 0 Å². The number of hydrogen-bond donors (Lipinski definition) is 0. The molecule has 0 aliphatic carbocycles. The topological polar surface area (TPSA) is 66.7 Å². The summed E-state index contributed by atoms with van der Waals surface area (Å²) >= 11 is 5.86. The van der Waals surface area contributed by atoms with E-state index in [1.807, 2.05) is 17.0 Å². The first-order valence-electron chi connectivity index (χ1n) is 8.05. The molecule has 0 bridgehead atoms. The van der Waals surface area contributed by atoms with Gasteiger partial charge in [0.05, 0.1) is 11.3 Å². The maximum atomic E-state index is 12.4. The highest BCUT2D eigenvalue weighted by molar-refractivity contribution is 6.30. The van der Waals surface area contributed by atoms with Crippen LogP contribution in [0.15, 0.2) is 48.5 Å². The molecular formula is C18H18ClN3O3. The number of carbonyl (C=O) groups is 1. The predicted octanol–water partition coefficient (Wildman–Crippen LogP) is 3.14. The van der Waals surface area contributed by atoms with Crippen LogP contribution in [0.4, 0.5) is 11.4 Å². The SMILES string of the molecule is O=C(Cc1ccc(Cl)cc1)N1CCN(c2ccccc2[N+](=O)[O-])CC1. The number of nitro benzene ring substituents is 1. The second kappa shape index (κ2) is 7.53. The highest BCUT2D eigenvalue weighted by Crippen LogP contribution is 2.28. The third kappa shape index (κ3) is 4.09. The number of nitrogens with zero attached hydrogens (tertiary/aromatic N) is 3. The largest absolute Gasteiger partial charge is 0.362 e. The Kier molecular flexibility index (Phi) is 5.19.